The van der Waals surface area contributed by atoms with Crippen molar-refractivity contribution in [3.63, 3.8) is 0 Å². The van der Waals surface area contributed by atoms with E-state index >= 15 is 0 Å². The highest BCUT2D eigenvalue weighted by Crippen LogP contribution is 2.17. The van der Waals surface area contributed by atoms with E-state index in [0.717, 1.165) is 11.3 Å². The zero-order valence-electron chi connectivity index (χ0n) is 14.0. The van der Waals surface area contributed by atoms with Crippen molar-refractivity contribution in [3.8, 4) is 0 Å². The number of nitrogens with two attached hydrogens (primary N) is 2. The molecule has 0 saturated heterocycles. The van der Waals surface area contributed by atoms with Crippen molar-refractivity contribution in [2.24, 2.45) is 22.3 Å². The molecule has 0 fully saturated rings. The monoisotopic (exact) mass is 458 g/mol. The highest BCUT2D eigenvalue weighted by Gasteiger charge is 2.15. The van der Waals surface area contributed by atoms with Crippen LogP contribution in [-0.2, 0) is 36.7 Å². The lowest BCUT2D eigenvalue weighted by molar-refractivity contribution is -0.116. The van der Waals surface area contributed by atoms with Crippen LogP contribution in [0.3, 0.4) is 0 Å². The van der Waals surface area contributed by atoms with Crippen LogP contribution in [0.15, 0.2) is 13.7 Å². The zero-order chi connectivity index (χ0) is 21.0. The van der Waals surface area contributed by atoms with Gasteiger partial charge in [-0.25, -0.2) is 31.8 Å². The molecule has 0 unspecified atom stereocenters. The minimum absolute atomic E-state index is 0.108. The normalized spacial score (nSPS) is 12.3. The summed E-state index contributed by atoms with van der Waals surface area (Å²) < 4.78 is 43.7. The van der Waals surface area contributed by atoms with Crippen molar-refractivity contribution in [1.82, 2.24) is 20.0 Å². The lowest BCUT2D eigenvalue weighted by Gasteiger charge is -1.90. The van der Waals surface area contributed by atoms with Gasteiger partial charge in [0.15, 0.2) is 0 Å². The Balaban J connectivity index is 0.000000271. The molecule has 0 bridgehead atoms. The molecule has 0 atom stereocenters. The van der Waals surface area contributed by atoms with Crippen LogP contribution in [-0.4, -0.2) is 48.6 Å². The Bertz CT molecular complexity index is 1130. The quantitative estimate of drug-likeness (QED) is 0.421. The molecule has 0 aliphatic carbocycles. The number of carbonyl (C=O) groups is 2. The Morgan fingerprint density at radius 2 is 1.59 bits per heavy atom. The number of rotatable bonds is 3. The molecule has 0 spiro atoms. The van der Waals surface area contributed by atoms with Crippen LogP contribution in [0.25, 0.3) is 0 Å². The fraction of sp³-hybridized carbons (Fsp3) is 0.333. The zero-order valence-corrected chi connectivity index (χ0v) is 17.2. The second-order valence-corrected chi connectivity index (χ2v) is 9.95. The van der Waals surface area contributed by atoms with E-state index in [0.29, 0.717) is 11.3 Å². The highest BCUT2D eigenvalue weighted by molar-refractivity contribution is 7.91. The Morgan fingerprint density at radius 1 is 1.04 bits per heavy atom. The first-order valence-electron chi connectivity index (χ1n) is 6.46. The molecule has 2 amide bonds. The molecule has 2 aromatic heterocycles. The number of hydrogen-bond donors (Lipinski definition) is 3. The summed E-state index contributed by atoms with van der Waals surface area (Å²) in [6, 6.07) is 0. The van der Waals surface area contributed by atoms with Gasteiger partial charge in [0.2, 0.25) is 30.4 Å². The fourth-order valence-electron chi connectivity index (χ4n) is 1.20. The maximum Gasteiger partial charge on any atom is 0.267 e. The van der Waals surface area contributed by atoms with Crippen molar-refractivity contribution in [1.29, 1.82) is 0 Å². The maximum atomic E-state index is 10.9. The molecular weight excluding hydrogens is 444 g/mol. The molecule has 150 valence electrons. The van der Waals surface area contributed by atoms with E-state index in [1.807, 2.05) is 0 Å². The molecule has 14 nitrogen and oxygen atoms in total. The first-order chi connectivity index (χ1) is 12.2. The van der Waals surface area contributed by atoms with Gasteiger partial charge in [0.1, 0.15) is 0 Å². The molecule has 2 heterocycles. The second kappa shape index (κ2) is 8.71. The fourth-order valence-corrected chi connectivity index (χ4v) is 4.17. The first kappa shape index (κ1) is 22.9. The second-order valence-electron chi connectivity index (χ2n) is 4.55. The molecule has 0 aliphatic heterocycles. The van der Waals surface area contributed by atoms with Crippen LogP contribution < -0.4 is 20.4 Å². The predicted molar refractivity (Wildman–Crippen MR) is 94.3 cm³/mol. The van der Waals surface area contributed by atoms with Crippen molar-refractivity contribution < 1.29 is 26.4 Å². The molecule has 5 N–H and O–H groups in total. The summed E-state index contributed by atoms with van der Waals surface area (Å²) in [5.41, 5.74) is 0. The Labute approximate surface area is 161 Å². The summed E-state index contributed by atoms with van der Waals surface area (Å²) in [7, 11) is -6.17. The number of nitrogens with one attached hydrogen (secondary N) is 1. The van der Waals surface area contributed by atoms with Gasteiger partial charge in [-0.2, -0.15) is 4.99 Å². The van der Waals surface area contributed by atoms with Crippen LogP contribution in [0.2, 0.25) is 0 Å². The third kappa shape index (κ3) is 7.56. The van der Waals surface area contributed by atoms with Crippen LogP contribution in [0, 0.1) is 0 Å². The topological polar surface area (TPSA) is 222 Å². The first-order valence-corrected chi connectivity index (χ1v) is 11.2. The number of amides is 2. The molecule has 0 aliphatic rings. The number of sulfonamides is 2. The van der Waals surface area contributed by atoms with Crippen LogP contribution in [0.4, 0.5) is 5.13 Å². The van der Waals surface area contributed by atoms with Gasteiger partial charge >= 0.3 is 0 Å². The molecule has 18 heteroatoms. The Morgan fingerprint density at radius 3 is 1.96 bits per heavy atom. The summed E-state index contributed by atoms with van der Waals surface area (Å²) >= 11 is 1.45. The van der Waals surface area contributed by atoms with Gasteiger partial charge in [0.25, 0.3) is 20.0 Å². The Kier molecular flexibility index (Phi) is 7.40. The number of nitrogens with zero attached hydrogens (tertiary/aromatic N) is 5. The molecule has 0 saturated carbocycles. The van der Waals surface area contributed by atoms with Gasteiger partial charge in [0.05, 0.1) is 0 Å². The minimum atomic E-state index is -3.83. The molecule has 0 aromatic carbocycles. The van der Waals surface area contributed by atoms with Crippen LogP contribution >= 0.6 is 22.7 Å². The van der Waals surface area contributed by atoms with Gasteiger partial charge in [-0.1, -0.05) is 22.7 Å². The lowest BCUT2D eigenvalue weighted by atomic mass is 10.7. The van der Waals surface area contributed by atoms with E-state index in [1.165, 1.54) is 25.6 Å². The number of primary sulfonamides is 2. The van der Waals surface area contributed by atoms with Crippen molar-refractivity contribution >= 4 is 59.7 Å². The highest BCUT2D eigenvalue weighted by atomic mass is 32.3. The number of aryl methyl sites for hydroxylation is 1. The largest absolute Gasteiger partial charge is 0.301 e. The van der Waals surface area contributed by atoms with Gasteiger partial charge in [-0.05, 0) is 0 Å². The van der Waals surface area contributed by atoms with E-state index in [9.17, 15) is 26.4 Å². The molecule has 2 rings (SSSR count). The SMILES string of the molecule is CC(=O)N=c1sc(S(N)(=O)=O)nn1C.CC(=O)Nc1nnc(S(N)(=O)=O)s1. The number of anilines is 1. The number of carbonyl (C=O) groups excluding carboxylic acids is 2. The summed E-state index contributed by atoms with van der Waals surface area (Å²) in [5, 5.41) is 22.3. The average Bonchev–Trinajstić information content (AvgIpc) is 3.05. The van der Waals surface area contributed by atoms with Crippen LogP contribution in [0.5, 0.6) is 0 Å². The third-order valence-electron chi connectivity index (χ3n) is 2.12. The number of aromatic nitrogens is 4. The number of hydrogen-bond acceptors (Lipinski definition) is 11. The predicted octanol–water partition coefficient (Wildman–Crippen LogP) is -2.28. The van der Waals surface area contributed by atoms with Crippen molar-refractivity contribution in [3.05, 3.63) is 4.80 Å². The summed E-state index contributed by atoms with van der Waals surface area (Å²) in [6.07, 6.45) is 0. The molecular formula is C9H14N8O6S4. The van der Waals surface area contributed by atoms with Gasteiger partial charge in [0, 0.05) is 20.9 Å². The summed E-state index contributed by atoms with van der Waals surface area (Å²) in [4.78, 5) is 24.9. The van der Waals surface area contributed by atoms with Crippen molar-refractivity contribution in [2.45, 2.75) is 22.5 Å². The van der Waals surface area contributed by atoms with Crippen LogP contribution in [0.1, 0.15) is 13.8 Å². The summed E-state index contributed by atoms with van der Waals surface area (Å²) in [6.45, 7) is 2.54. The summed E-state index contributed by atoms with van der Waals surface area (Å²) in [5.74, 6) is -0.776. The van der Waals surface area contributed by atoms with Gasteiger partial charge < -0.3 is 5.32 Å². The van der Waals surface area contributed by atoms with E-state index < -0.39 is 26.0 Å². The third-order valence-corrected chi connectivity index (χ3v) is 6.57. The van der Waals surface area contributed by atoms with E-state index in [4.69, 9.17) is 10.3 Å². The molecule has 0 radical (unpaired) electrons. The maximum absolute atomic E-state index is 10.9. The van der Waals surface area contributed by atoms with E-state index in [2.05, 4.69) is 25.6 Å². The molecule has 27 heavy (non-hydrogen) atoms. The van der Waals surface area contributed by atoms with E-state index in [1.54, 1.807) is 0 Å². The van der Waals surface area contributed by atoms with Gasteiger partial charge in [-0.3, -0.25) is 9.59 Å². The smallest absolute Gasteiger partial charge is 0.267 e. The Hall–Kier alpha value is -2.12. The average molecular weight is 459 g/mol. The minimum Gasteiger partial charge on any atom is -0.301 e. The standard InChI is InChI=1S/C5H8N4O3S2.C4H6N4O3S2/c1-3(10)7-4-9(2)8-5(13-4)14(6,11)12;1-2(9)6-3-7-8-4(12-3)13(5,10)11/h1-2H3,(H2,6,11,12);1H3,(H2,5,10,11)(H,6,7,9). The molecule has 2 aromatic rings. The lowest BCUT2D eigenvalue weighted by Crippen LogP contribution is -2.14. The van der Waals surface area contributed by atoms with Gasteiger partial charge in [-0.15, -0.1) is 15.3 Å². The van der Waals surface area contributed by atoms with E-state index in [-0.39, 0.29) is 24.5 Å². The van der Waals surface area contributed by atoms with Crippen molar-refractivity contribution in [2.75, 3.05) is 5.32 Å².